The maximum absolute atomic E-state index is 12.5. The molecule has 1 aliphatic rings. The monoisotopic (exact) mass is 285 g/mol. The molecule has 1 aliphatic heterocycles. The van der Waals surface area contributed by atoms with Crippen LogP contribution in [0.25, 0.3) is 0 Å². The van der Waals surface area contributed by atoms with Crippen molar-refractivity contribution >= 4 is 15.8 Å². The van der Waals surface area contributed by atoms with E-state index in [2.05, 4.69) is 4.98 Å². The number of hydrogen-bond acceptors (Lipinski definition) is 4. The third kappa shape index (κ3) is 2.71. The van der Waals surface area contributed by atoms with Gasteiger partial charge in [-0.15, -0.1) is 0 Å². The highest BCUT2D eigenvalue weighted by Gasteiger charge is 2.36. The number of Topliss-reactive ketones (excluding diaryl/α,β-unsaturated/α-hetero) is 1. The number of aromatic nitrogens is 2. The first-order valence-corrected chi connectivity index (χ1v) is 7.95. The van der Waals surface area contributed by atoms with Crippen LogP contribution in [0.15, 0.2) is 17.6 Å². The number of rotatable bonds is 4. The average molecular weight is 285 g/mol. The zero-order chi connectivity index (χ0) is 14.0. The summed E-state index contributed by atoms with van der Waals surface area (Å²) in [6.07, 6.45) is 5.29. The van der Waals surface area contributed by atoms with Gasteiger partial charge in [0.25, 0.3) is 10.0 Å². The highest BCUT2D eigenvalue weighted by Crippen LogP contribution is 2.24. The van der Waals surface area contributed by atoms with Gasteiger partial charge in [-0.3, -0.25) is 4.79 Å². The van der Waals surface area contributed by atoms with E-state index >= 15 is 0 Å². The minimum absolute atomic E-state index is 0.0301. The number of aryl methyl sites for hydroxylation is 1. The molecule has 0 N–H and O–H groups in total. The van der Waals surface area contributed by atoms with E-state index in [4.69, 9.17) is 0 Å². The summed E-state index contributed by atoms with van der Waals surface area (Å²) < 4.78 is 28.1. The van der Waals surface area contributed by atoms with Crippen molar-refractivity contribution in [1.29, 1.82) is 0 Å². The van der Waals surface area contributed by atoms with Crippen molar-refractivity contribution in [3.05, 3.63) is 12.5 Å². The molecule has 1 unspecified atom stereocenters. The summed E-state index contributed by atoms with van der Waals surface area (Å²) in [6.45, 7) is 4.42. The lowest BCUT2D eigenvalue weighted by Crippen LogP contribution is -2.47. The number of nitrogens with zero attached hydrogens (tertiary/aromatic N) is 3. The number of carbonyl (C=O) groups is 1. The molecule has 1 aromatic rings. The topological polar surface area (TPSA) is 72.3 Å². The second-order valence-electron chi connectivity index (χ2n) is 4.78. The van der Waals surface area contributed by atoms with E-state index in [1.165, 1.54) is 23.8 Å². The fraction of sp³-hybridized carbons (Fsp3) is 0.667. The van der Waals surface area contributed by atoms with Crippen molar-refractivity contribution in [3.63, 3.8) is 0 Å². The van der Waals surface area contributed by atoms with Gasteiger partial charge in [0.2, 0.25) is 0 Å². The Morgan fingerprint density at radius 3 is 2.79 bits per heavy atom. The quantitative estimate of drug-likeness (QED) is 0.828. The average Bonchev–Trinajstić information content (AvgIpc) is 2.88. The summed E-state index contributed by atoms with van der Waals surface area (Å²) in [6, 6.07) is -0.537. The van der Waals surface area contributed by atoms with Crippen LogP contribution >= 0.6 is 0 Å². The lowest BCUT2D eigenvalue weighted by atomic mass is 10.0. The summed E-state index contributed by atoms with van der Waals surface area (Å²) in [5.41, 5.74) is 0. The molecule has 7 heteroatoms. The van der Waals surface area contributed by atoms with Crippen molar-refractivity contribution in [2.24, 2.45) is 0 Å². The van der Waals surface area contributed by atoms with E-state index in [1.54, 1.807) is 4.57 Å². The summed E-state index contributed by atoms with van der Waals surface area (Å²) in [7, 11) is -3.66. The second kappa shape index (κ2) is 5.42. The fourth-order valence-corrected chi connectivity index (χ4v) is 4.01. The maximum atomic E-state index is 12.5. The van der Waals surface area contributed by atoms with E-state index in [0.29, 0.717) is 19.5 Å². The Labute approximate surface area is 113 Å². The van der Waals surface area contributed by atoms with Gasteiger partial charge < -0.3 is 4.57 Å². The zero-order valence-corrected chi connectivity index (χ0v) is 12.1. The molecule has 2 rings (SSSR count). The molecule has 0 saturated carbocycles. The van der Waals surface area contributed by atoms with Crippen LogP contribution in [0.2, 0.25) is 0 Å². The summed E-state index contributed by atoms with van der Waals surface area (Å²) in [5.74, 6) is -0.0989. The highest BCUT2D eigenvalue weighted by molar-refractivity contribution is 7.89. The van der Waals surface area contributed by atoms with Crippen molar-refractivity contribution in [2.75, 3.05) is 6.54 Å². The minimum atomic E-state index is -3.66. The van der Waals surface area contributed by atoms with Gasteiger partial charge in [0.1, 0.15) is 5.78 Å². The Hall–Kier alpha value is -1.21. The van der Waals surface area contributed by atoms with Crippen molar-refractivity contribution < 1.29 is 13.2 Å². The Morgan fingerprint density at radius 1 is 1.47 bits per heavy atom. The van der Waals surface area contributed by atoms with Crippen molar-refractivity contribution in [3.8, 4) is 0 Å². The predicted octanol–water partition coefficient (Wildman–Crippen LogP) is 1.04. The molecule has 1 fully saturated rings. The van der Waals surface area contributed by atoms with Crippen LogP contribution in [-0.2, 0) is 21.4 Å². The van der Waals surface area contributed by atoms with Gasteiger partial charge in [0.15, 0.2) is 5.03 Å². The first kappa shape index (κ1) is 14.2. The largest absolute Gasteiger partial charge is 0.336 e. The molecule has 1 saturated heterocycles. The third-order valence-electron chi connectivity index (χ3n) is 3.47. The lowest BCUT2D eigenvalue weighted by Gasteiger charge is -2.32. The van der Waals surface area contributed by atoms with Crippen LogP contribution in [0, 0.1) is 0 Å². The standard InChI is InChI=1S/C12H19N3O3S/c1-3-14-8-12(13-9-14)19(17,18)15-7-5-4-6-11(15)10(2)16/h8-9,11H,3-7H2,1-2H3. The van der Waals surface area contributed by atoms with E-state index in [0.717, 1.165) is 12.8 Å². The Morgan fingerprint density at radius 2 is 2.21 bits per heavy atom. The molecule has 1 atom stereocenters. The van der Waals surface area contributed by atoms with Crippen molar-refractivity contribution in [2.45, 2.75) is 50.7 Å². The molecule has 106 valence electrons. The van der Waals surface area contributed by atoms with Gasteiger partial charge in [-0.1, -0.05) is 6.42 Å². The molecule has 2 heterocycles. The first-order valence-electron chi connectivity index (χ1n) is 6.51. The summed E-state index contributed by atoms with van der Waals surface area (Å²) >= 11 is 0. The van der Waals surface area contributed by atoms with Gasteiger partial charge in [0.05, 0.1) is 12.4 Å². The summed E-state index contributed by atoms with van der Waals surface area (Å²) in [4.78, 5) is 15.6. The van der Waals surface area contributed by atoms with Crippen LogP contribution in [0.5, 0.6) is 0 Å². The van der Waals surface area contributed by atoms with E-state index in [-0.39, 0.29) is 10.8 Å². The van der Waals surface area contributed by atoms with Crippen LogP contribution in [-0.4, -0.2) is 40.6 Å². The second-order valence-corrected chi connectivity index (χ2v) is 6.62. The van der Waals surface area contributed by atoms with Crippen LogP contribution in [0.1, 0.15) is 33.1 Å². The Bertz CT molecular complexity index is 565. The molecule has 1 aromatic heterocycles. The van der Waals surface area contributed by atoms with Gasteiger partial charge in [0, 0.05) is 19.3 Å². The molecule has 0 radical (unpaired) electrons. The van der Waals surface area contributed by atoms with Gasteiger partial charge in [-0.05, 0) is 26.7 Å². The maximum Gasteiger partial charge on any atom is 0.262 e. The molecule has 0 spiro atoms. The smallest absolute Gasteiger partial charge is 0.262 e. The Kier molecular flexibility index (Phi) is 4.05. The number of hydrogen-bond donors (Lipinski definition) is 0. The molecular formula is C12H19N3O3S. The molecule has 0 bridgehead atoms. The number of imidazole rings is 1. The van der Waals surface area contributed by atoms with Gasteiger partial charge in [-0.25, -0.2) is 13.4 Å². The van der Waals surface area contributed by atoms with Crippen LogP contribution in [0.3, 0.4) is 0 Å². The zero-order valence-electron chi connectivity index (χ0n) is 11.2. The fourth-order valence-electron chi connectivity index (χ4n) is 2.36. The predicted molar refractivity (Wildman–Crippen MR) is 70.1 cm³/mol. The summed E-state index contributed by atoms with van der Waals surface area (Å²) in [5, 5.41) is 0.0301. The first-order chi connectivity index (χ1) is 8.96. The normalized spacial score (nSPS) is 21.5. The van der Waals surface area contributed by atoms with Crippen molar-refractivity contribution in [1.82, 2.24) is 13.9 Å². The molecule has 6 nitrogen and oxygen atoms in total. The van der Waals surface area contributed by atoms with Crippen LogP contribution < -0.4 is 0 Å². The number of sulfonamides is 1. The lowest BCUT2D eigenvalue weighted by molar-refractivity contribution is -0.121. The van der Waals surface area contributed by atoms with E-state index in [1.807, 2.05) is 6.92 Å². The van der Waals surface area contributed by atoms with E-state index in [9.17, 15) is 13.2 Å². The van der Waals surface area contributed by atoms with Gasteiger partial charge in [-0.2, -0.15) is 4.31 Å². The van der Waals surface area contributed by atoms with E-state index < -0.39 is 16.1 Å². The minimum Gasteiger partial charge on any atom is -0.336 e. The third-order valence-corrected chi connectivity index (χ3v) is 5.26. The molecule has 19 heavy (non-hydrogen) atoms. The molecule has 0 aromatic carbocycles. The molecular weight excluding hydrogens is 266 g/mol. The number of piperidine rings is 1. The molecule has 0 aliphatic carbocycles. The molecule has 0 amide bonds. The number of ketones is 1. The van der Waals surface area contributed by atoms with Crippen LogP contribution in [0.4, 0.5) is 0 Å². The Balaban J connectivity index is 2.34. The SMILES string of the molecule is CCn1cnc(S(=O)(=O)N2CCCCC2C(C)=O)c1. The van der Waals surface area contributed by atoms with Gasteiger partial charge >= 0.3 is 0 Å². The number of carbonyl (C=O) groups excluding carboxylic acids is 1. The highest BCUT2D eigenvalue weighted by atomic mass is 32.2.